The minimum absolute atomic E-state index is 0.617. The van der Waals surface area contributed by atoms with Crippen molar-refractivity contribution in [2.45, 2.75) is 15.2 Å². The number of benzene rings is 9. The van der Waals surface area contributed by atoms with E-state index in [9.17, 15) is 0 Å². The maximum absolute atomic E-state index is 6.68. The van der Waals surface area contributed by atoms with Crippen molar-refractivity contribution >= 4 is 50.8 Å². The Balaban J connectivity index is 1.10. The van der Waals surface area contributed by atoms with Crippen molar-refractivity contribution in [3.63, 3.8) is 0 Å². The Bertz CT molecular complexity index is 3160. The van der Waals surface area contributed by atoms with Crippen LogP contribution in [0.4, 0.5) is 17.1 Å². The van der Waals surface area contributed by atoms with E-state index in [2.05, 4.69) is 211 Å². The molecule has 0 saturated heterocycles. The highest BCUT2D eigenvalue weighted by Gasteiger charge is 2.50. The van der Waals surface area contributed by atoms with Crippen LogP contribution in [-0.2, 0) is 5.41 Å². The highest BCUT2D eigenvalue weighted by atomic mass is 32.2. The van der Waals surface area contributed by atoms with Gasteiger partial charge in [-0.25, -0.2) is 0 Å². The molecule has 0 saturated carbocycles. The van der Waals surface area contributed by atoms with Crippen LogP contribution in [0.2, 0.25) is 0 Å². The number of hydrogen-bond donors (Lipinski definition) is 0. The highest BCUT2D eigenvalue weighted by molar-refractivity contribution is 7.99. The third kappa shape index (κ3) is 5.16. The number of anilines is 3. The first-order chi connectivity index (χ1) is 29.3. The Labute approximate surface area is 346 Å². The summed E-state index contributed by atoms with van der Waals surface area (Å²) in [4.78, 5) is 4.86. The summed E-state index contributed by atoms with van der Waals surface area (Å²) in [6.45, 7) is 0. The molecule has 0 bridgehead atoms. The lowest BCUT2D eigenvalue weighted by atomic mass is 9.63. The average molecular weight is 774 g/mol. The second-order valence-corrected chi connectivity index (χ2v) is 16.2. The molecule has 2 aliphatic rings. The van der Waals surface area contributed by atoms with Gasteiger partial charge in [0.25, 0.3) is 0 Å². The summed E-state index contributed by atoms with van der Waals surface area (Å²) >= 11 is 1.85. The molecule has 1 aromatic heterocycles. The van der Waals surface area contributed by atoms with Crippen LogP contribution in [-0.4, -0.2) is 0 Å². The fourth-order valence-electron chi connectivity index (χ4n) is 9.44. The smallest absolute Gasteiger partial charge is 0.137 e. The van der Waals surface area contributed by atoms with Gasteiger partial charge < -0.3 is 14.1 Å². The van der Waals surface area contributed by atoms with Crippen LogP contribution in [0.1, 0.15) is 22.3 Å². The molecule has 278 valence electrons. The van der Waals surface area contributed by atoms with E-state index in [0.29, 0.717) is 0 Å². The SMILES string of the molecule is c1ccc(-c2ccc(-c3ccc(N(c4cccc5c4Sc4ccccc4C54c5ccccc5Oc5ccccc54)c4cccc5oc6ccccc6c45)cc3)cc2)cc1. The standard InChI is InChI=1S/C55H35NO2S/c1-2-14-36(15-3-1)37-28-30-38(31-29-37)39-32-34-40(35-33-39)56(46-21-13-26-51-53(46)41-16-4-8-23-48(41)57-51)47-22-12-20-45-54(47)59-52-27-11-7-19-44(52)55(45)42-17-5-9-24-49(42)58-50-25-10-6-18-43(50)55/h1-35H. The quantitative estimate of drug-likeness (QED) is 0.174. The van der Waals surface area contributed by atoms with Gasteiger partial charge in [0.05, 0.1) is 22.2 Å². The number of nitrogens with zero attached hydrogens (tertiary/aromatic N) is 1. The zero-order chi connectivity index (χ0) is 38.9. The Kier molecular flexibility index (Phi) is 7.69. The molecule has 0 fully saturated rings. The lowest BCUT2D eigenvalue weighted by Gasteiger charge is -2.46. The van der Waals surface area contributed by atoms with Crippen LogP contribution in [0.15, 0.2) is 227 Å². The van der Waals surface area contributed by atoms with Gasteiger partial charge in [-0.3, -0.25) is 0 Å². The van der Waals surface area contributed by atoms with Crippen molar-refractivity contribution in [2.75, 3.05) is 4.90 Å². The van der Waals surface area contributed by atoms with E-state index in [1.54, 1.807) is 0 Å². The minimum atomic E-state index is -0.617. The number of hydrogen-bond acceptors (Lipinski definition) is 4. The molecular formula is C55H35NO2S. The van der Waals surface area contributed by atoms with Crippen molar-refractivity contribution in [1.82, 2.24) is 0 Å². The predicted octanol–water partition coefficient (Wildman–Crippen LogP) is 15.3. The van der Waals surface area contributed by atoms with E-state index >= 15 is 0 Å². The van der Waals surface area contributed by atoms with Gasteiger partial charge in [0.1, 0.15) is 22.7 Å². The Morgan fingerprint density at radius 2 is 0.915 bits per heavy atom. The van der Waals surface area contributed by atoms with Crippen LogP contribution in [0.3, 0.4) is 0 Å². The first kappa shape index (κ1) is 33.8. The van der Waals surface area contributed by atoms with Crippen LogP contribution in [0, 0.1) is 0 Å². The van der Waals surface area contributed by atoms with Crippen molar-refractivity contribution < 1.29 is 9.15 Å². The molecule has 0 N–H and O–H groups in total. The van der Waals surface area contributed by atoms with Crippen molar-refractivity contribution in [3.8, 4) is 33.8 Å². The zero-order valence-corrected chi connectivity index (χ0v) is 32.7. The lowest BCUT2D eigenvalue weighted by molar-refractivity contribution is 0.431. The predicted molar refractivity (Wildman–Crippen MR) is 242 cm³/mol. The van der Waals surface area contributed by atoms with Crippen molar-refractivity contribution in [2.24, 2.45) is 0 Å². The van der Waals surface area contributed by atoms with Crippen molar-refractivity contribution in [3.05, 3.63) is 235 Å². The van der Waals surface area contributed by atoms with Crippen LogP contribution < -0.4 is 9.64 Å². The summed E-state index contributed by atoms with van der Waals surface area (Å²) in [6.07, 6.45) is 0. The van der Waals surface area contributed by atoms with Gasteiger partial charge in [-0.1, -0.05) is 169 Å². The maximum Gasteiger partial charge on any atom is 0.137 e. The molecule has 3 nitrogen and oxygen atoms in total. The normalized spacial score (nSPS) is 13.3. The van der Waals surface area contributed by atoms with Crippen LogP contribution in [0.5, 0.6) is 11.5 Å². The third-order valence-corrected chi connectivity index (χ3v) is 13.2. The molecule has 3 heterocycles. The Morgan fingerprint density at radius 3 is 1.64 bits per heavy atom. The van der Waals surface area contributed by atoms with Gasteiger partial charge in [-0.05, 0) is 88.0 Å². The molecule has 2 aliphatic heterocycles. The fraction of sp³-hybridized carbons (Fsp3) is 0.0182. The van der Waals surface area contributed by atoms with Crippen LogP contribution >= 0.6 is 11.8 Å². The molecule has 10 aromatic rings. The van der Waals surface area contributed by atoms with E-state index in [4.69, 9.17) is 9.15 Å². The number of ether oxygens (including phenoxy) is 1. The van der Waals surface area contributed by atoms with Gasteiger partial charge in [0.15, 0.2) is 0 Å². The molecule has 4 heteroatoms. The molecule has 0 unspecified atom stereocenters. The van der Waals surface area contributed by atoms with E-state index < -0.39 is 5.41 Å². The van der Waals surface area contributed by atoms with Gasteiger partial charge in [0.2, 0.25) is 0 Å². The zero-order valence-electron chi connectivity index (χ0n) is 31.9. The summed E-state index contributed by atoms with van der Waals surface area (Å²) < 4.78 is 13.2. The monoisotopic (exact) mass is 773 g/mol. The molecule has 0 radical (unpaired) electrons. The van der Waals surface area contributed by atoms with Crippen LogP contribution in [0.25, 0.3) is 44.2 Å². The highest BCUT2D eigenvalue weighted by Crippen LogP contribution is 2.63. The van der Waals surface area contributed by atoms with E-state index in [1.807, 2.05) is 17.8 Å². The molecule has 59 heavy (non-hydrogen) atoms. The number of para-hydroxylation sites is 3. The molecule has 12 rings (SSSR count). The van der Waals surface area contributed by atoms with E-state index in [1.165, 1.54) is 37.6 Å². The Hall–Kier alpha value is -7.27. The van der Waals surface area contributed by atoms with Gasteiger partial charge >= 0.3 is 0 Å². The summed E-state index contributed by atoms with van der Waals surface area (Å²) in [5.41, 5.74) is 13.9. The molecular weight excluding hydrogens is 739 g/mol. The second-order valence-electron chi connectivity index (χ2n) is 15.2. The third-order valence-electron chi connectivity index (χ3n) is 12.0. The fourth-order valence-corrected chi connectivity index (χ4v) is 10.7. The number of fused-ring (bicyclic) bond motifs is 11. The van der Waals surface area contributed by atoms with Crippen molar-refractivity contribution in [1.29, 1.82) is 0 Å². The molecule has 0 aliphatic carbocycles. The van der Waals surface area contributed by atoms with Gasteiger partial charge in [0, 0.05) is 32.0 Å². The first-order valence-electron chi connectivity index (χ1n) is 20.0. The number of rotatable bonds is 5. The van der Waals surface area contributed by atoms with Gasteiger partial charge in [-0.15, -0.1) is 0 Å². The van der Waals surface area contributed by atoms with E-state index in [-0.39, 0.29) is 0 Å². The Morgan fingerprint density at radius 1 is 0.390 bits per heavy atom. The summed E-state index contributed by atoms with van der Waals surface area (Å²) in [6, 6.07) is 76.1. The molecule has 0 atom stereocenters. The van der Waals surface area contributed by atoms with Gasteiger partial charge in [-0.2, -0.15) is 0 Å². The average Bonchev–Trinajstić information content (AvgIpc) is 3.69. The molecule has 9 aromatic carbocycles. The maximum atomic E-state index is 6.68. The van der Waals surface area contributed by atoms with E-state index in [0.717, 1.165) is 67.2 Å². The number of furan rings is 1. The molecule has 0 amide bonds. The summed E-state index contributed by atoms with van der Waals surface area (Å²) in [7, 11) is 0. The molecule has 1 spiro atoms. The largest absolute Gasteiger partial charge is 0.457 e. The lowest BCUT2D eigenvalue weighted by Crippen LogP contribution is -2.37. The topological polar surface area (TPSA) is 25.6 Å². The minimum Gasteiger partial charge on any atom is -0.457 e. The summed E-state index contributed by atoms with van der Waals surface area (Å²) in [5, 5.41) is 2.17. The second kappa shape index (κ2) is 13.4. The first-order valence-corrected chi connectivity index (χ1v) is 20.8. The summed E-state index contributed by atoms with van der Waals surface area (Å²) in [5.74, 6) is 1.76.